The van der Waals surface area contributed by atoms with Crippen molar-refractivity contribution in [3.63, 3.8) is 0 Å². The van der Waals surface area contributed by atoms with Crippen LogP contribution in [0.25, 0.3) is 10.9 Å². The molecule has 0 fully saturated rings. The van der Waals surface area contributed by atoms with Crippen molar-refractivity contribution >= 4 is 22.6 Å². The van der Waals surface area contributed by atoms with E-state index in [9.17, 15) is 4.79 Å². The van der Waals surface area contributed by atoms with E-state index in [0.29, 0.717) is 11.3 Å². The SMILES string of the molecule is Cn1cc(C#N)c2ccc(NC(=O)NOCc3ccccc3)cc21. The molecule has 0 saturated heterocycles. The number of fused-ring (bicyclic) bond motifs is 1. The maximum atomic E-state index is 11.9. The number of hydrogen-bond acceptors (Lipinski definition) is 3. The first kappa shape index (κ1) is 15.6. The average molecular weight is 320 g/mol. The minimum absolute atomic E-state index is 0.288. The number of nitriles is 1. The standard InChI is InChI=1S/C18H16N4O2/c1-22-11-14(10-19)16-8-7-15(9-17(16)22)20-18(23)21-24-12-13-5-3-2-4-6-13/h2-9,11H,12H2,1H3,(H2,20,21,23). The molecule has 0 spiro atoms. The third kappa shape index (κ3) is 3.37. The predicted molar refractivity (Wildman–Crippen MR) is 91.0 cm³/mol. The molecule has 6 nitrogen and oxygen atoms in total. The van der Waals surface area contributed by atoms with Crippen LogP contribution in [0.4, 0.5) is 10.5 Å². The summed E-state index contributed by atoms with van der Waals surface area (Å²) in [5.41, 5.74) is 5.41. The zero-order valence-corrected chi connectivity index (χ0v) is 13.1. The van der Waals surface area contributed by atoms with Gasteiger partial charge in [-0.1, -0.05) is 30.3 Å². The first-order valence-electron chi connectivity index (χ1n) is 7.39. The highest BCUT2D eigenvalue weighted by Crippen LogP contribution is 2.23. The Kier molecular flexibility index (Phi) is 4.45. The van der Waals surface area contributed by atoms with Gasteiger partial charge in [-0.25, -0.2) is 10.3 Å². The smallest absolute Gasteiger partial charge is 0.343 e. The minimum Gasteiger partial charge on any atom is -0.349 e. The van der Waals surface area contributed by atoms with E-state index >= 15 is 0 Å². The number of hydroxylamine groups is 1. The third-order valence-corrected chi connectivity index (χ3v) is 3.62. The molecule has 0 aliphatic rings. The van der Waals surface area contributed by atoms with Gasteiger partial charge in [-0.15, -0.1) is 0 Å². The summed E-state index contributed by atoms with van der Waals surface area (Å²) in [7, 11) is 1.86. The number of benzene rings is 2. The molecule has 0 saturated carbocycles. The molecular formula is C18H16N4O2. The van der Waals surface area contributed by atoms with Gasteiger partial charge in [-0.3, -0.25) is 4.84 Å². The Bertz CT molecular complexity index is 910. The van der Waals surface area contributed by atoms with Crippen molar-refractivity contribution in [2.45, 2.75) is 6.61 Å². The molecule has 0 radical (unpaired) electrons. The van der Waals surface area contributed by atoms with Crippen molar-refractivity contribution in [3.05, 3.63) is 65.9 Å². The monoisotopic (exact) mass is 320 g/mol. The Morgan fingerprint density at radius 1 is 1.25 bits per heavy atom. The molecule has 0 unspecified atom stereocenters. The van der Waals surface area contributed by atoms with E-state index < -0.39 is 6.03 Å². The molecular weight excluding hydrogens is 304 g/mol. The Balaban J connectivity index is 1.61. The van der Waals surface area contributed by atoms with Crippen LogP contribution >= 0.6 is 0 Å². The first-order chi connectivity index (χ1) is 11.7. The molecule has 0 atom stereocenters. The van der Waals surface area contributed by atoms with Crippen LogP contribution in [0.15, 0.2) is 54.7 Å². The number of nitrogens with zero attached hydrogens (tertiary/aromatic N) is 2. The number of nitrogens with one attached hydrogen (secondary N) is 2. The van der Waals surface area contributed by atoms with Gasteiger partial charge < -0.3 is 9.88 Å². The van der Waals surface area contributed by atoms with Gasteiger partial charge in [-0.2, -0.15) is 5.26 Å². The molecule has 2 aromatic carbocycles. The van der Waals surface area contributed by atoms with E-state index in [1.54, 1.807) is 12.3 Å². The Labute approximate surface area is 139 Å². The van der Waals surface area contributed by atoms with Gasteiger partial charge in [0.05, 0.1) is 17.7 Å². The van der Waals surface area contributed by atoms with Gasteiger partial charge in [0, 0.05) is 24.3 Å². The number of amides is 2. The fourth-order valence-corrected chi connectivity index (χ4v) is 2.47. The van der Waals surface area contributed by atoms with Gasteiger partial charge in [-0.05, 0) is 23.8 Å². The Hall–Kier alpha value is -3.30. The van der Waals surface area contributed by atoms with Crippen LogP contribution in [-0.4, -0.2) is 10.6 Å². The highest BCUT2D eigenvalue weighted by Gasteiger charge is 2.08. The van der Waals surface area contributed by atoms with Crippen LogP contribution in [0.2, 0.25) is 0 Å². The van der Waals surface area contributed by atoms with E-state index in [4.69, 9.17) is 10.1 Å². The molecule has 0 aliphatic heterocycles. The number of rotatable bonds is 4. The van der Waals surface area contributed by atoms with Crippen LogP contribution in [0.5, 0.6) is 0 Å². The topological polar surface area (TPSA) is 79.1 Å². The van der Waals surface area contributed by atoms with Crippen LogP contribution in [-0.2, 0) is 18.5 Å². The lowest BCUT2D eigenvalue weighted by Gasteiger charge is -2.08. The normalized spacial score (nSPS) is 10.3. The van der Waals surface area contributed by atoms with Crippen molar-refractivity contribution in [1.29, 1.82) is 5.26 Å². The quantitative estimate of drug-likeness (QED) is 0.724. The zero-order valence-electron chi connectivity index (χ0n) is 13.1. The molecule has 6 heteroatoms. The number of aryl methyl sites for hydroxylation is 1. The number of urea groups is 1. The summed E-state index contributed by atoms with van der Waals surface area (Å²) in [6.07, 6.45) is 1.76. The lowest BCUT2D eigenvalue weighted by atomic mass is 10.2. The van der Waals surface area contributed by atoms with E-state index in [1.807, 2.05) is 54.1 Å². The molecule has 0 bridgehead atoms. The van der Waals surface area contributed by atoms with Crippen molar-refractivity contribution in [3.8, 4) is 6.07 Å². The van der Waals surface area contributed by atoms with Gasteiger partial charge in [0.1, 0.15) is 6.07 Å². The molecule has 2 amide bonds. The van der Waals surface area contributed by atoms with Gasteiger partial charge >= 0.3 is 6.03 Å². The zero-order chi connectivity index (χ0) is 16.9. The van der Waals surface area contributed by atoms with Crippen molar-refractivity contribution in [1.82, 2.24) is 10.0 Å². The highest BCUT2D eigenvalue weighted by atomic mass is 16.7. The lowest BCUT2D eigenvalue weighted by Crippen LogP contribution is -2.28. The molecule has 120 valence electrons. The molecule has 1 heterocycles. The fourth-order valence-electron chi connectivity index (χ4n) is 2.47. The van der Waals surface area contributed by atoms with Crippen LogP contribution < -0.4 is 10.8 Å². The summed E-state index contributed by atoms with van der Waals surface area (Å²) in [5, 5.41) is 12.7. The van der Waals surface area contributed by atoms with Gasteiger partial charge in [0.15, 0.2) is 0 Å². The molecule has 3 rings (SSSR count). The number of carbonyl (C=O) groups excluding carboxylic acids is 1. The van der Waals surface area contributed by atoms with E-state index in [1.165, 1.54) is 0 Å². The summed E-state index contributed by atoms with van der Waals surface area (Å²) >= 11 is 0. The number of hydrogen-bond donors (Lipinski definition) is 2. The van der Waals surface area contributed by atoms with E-state index in [-0.39, 0.29) is 6.61 Å². The molecule has 3 aromatic rings. The van der Waals surface area contributed by atoms with Crippen molar-refractivity contribution < 1.29 is 9.63 Å². The Morgan fingerprint density at radius 2 is 2.04 bits per heavy atom. The number of anilines is 1. The van der Waals surface area contributed by atoms with Crippen LogP contribution in [0.1, 0.15) is 11.1 Å². The molecule has 24 heavy (non-hydrogen) atoms. The maximum absolute atomic E-state index is 11.9. The third-order valence-electron chi connectivity index (χ3n) is 3.62. The summed E-state index contributed by atoms with van der Waals surface area (Å²) in [6.45, 7) is 0.288. The predicted octanol–water partition coefficient (Wildman–Crippen LogP) is 3.30. The second-order valence-corrected chi connectivity index (χ2v) is 5.33. The van der Waals surface area contributed by atoms with Gasteiger partial charge in [0.2, 0.25) is 0 Å². The lowest BCUT2D eigenvalue weighted by molar-refractivity contribution is 0.0536. The van der Waals surface area contributed by atoms with Crippen molar-refractivity contribution in [2.75, 3.05) is 5.32 Å². The minimum atomic E-state index is -0.458. The van der Waals surface area contributed by atoms with Crippen LogP contribution in [0, 0.1) is 11.3 Å². The number of carbonyl (C=O) groups is 1. The average Bonchev–Trinajstić information content (AvgIpc) is 2.91. The summed E-state index contributed by atoms with van der Waals surface area (Å²) in [4.78, 5) is 17.1. The first-order valence-corrected chi connectivity index (χ1v) is 7.39. The van der Waals surface area contributed by atoms with Crippen molar-refractivity contribution in [2.24, 2.45) is 7.05 Å². The molecule has 0 aliphatic carbocycles. The fraction of sp³-hybridized carbons (Fsp3) is 0.111. The summed E-state index contributed by atoms with van der Waals surface area (Å²) < 4.78 is 1.85. The second kappa shape index (κ2) is 6.86. The maximum Gasteiger partial charge on any atom is 0.343 e. The van der Waals surface area contributed by atoms with Crippen LogP contribution in [0.3, 0.4) is 0 Å². The van der Waals surface area contributed by atoms with E-state index in [0.717, 1.165) is 16.5 Å². The largest absolute Gasteiger partial charge is 0.349 e. The highest BCUT2D eigenvalue weighted by molar-refractivity contribution is 5.94. The number of aromatic nitrogens is 1. The van der Waals surface area contributed by atoms with Gasteiger partial charge in [0.25, 0.3) is 0 Å². The molecule has 1 aromatic heterocycles. The summed E-state index contributed by atoms with van der Waals surface area (Å²) in [6, 6.07) is 16.6. The van der Waals surface area contributed by atoms with E-state index in [2.05, 4.69) is 16.9 Å². The summed E-state index contributed by atoms with van der Waals surface area (Å²) in [5.74, 6) is 0. The Morgan fingerprint density at radius 3 is 2.79 bits per heavy atom. The molecule has 2 N–H and O–H groups in total. The second-order valence-electron chi connectivity index (χ2n) is 5.33.